The van der Waals surface area contributed by atoms with Crippen LogP contribution in [0.2, 0.25) is 0 Å². The van der Waals surface area contributed by atoms with E-state index in [1.165, 1.54) is 0 Å². The van der Waals surface area contributed by atoms with Crippen LogP contribution in [0.5, 0.6) is 5.75 Å². The standard InChI is InChI=1S/C15H19NO3/c1-3-11-16-15(18)6-4-5-14(17)12-7-9-13(19-2)10-8-12/h3,7-10H,1,4-6,11H2,2H3,(H,16,18). The highest BCUT2D eigenvalue weighted by Crippen LogP contribution is 2.13. The summed E-state index contributed by atoms with van der Waals surface area (Å²) in [4.78, 5) is 23.2. The number of methoxy groups -OCH3 is 1. The Kier molecular flexibility index (Phi) is 6.36. The van der Waals surface area contributed by atoms with E-state index in [-0.39, 0.29) is 11.7 Å². The molecule has 0 spiro atoms. The Morgan fingerprint density at radius 1 is 1.26 bits per heavy atom. The minimum Gasteiger partial charge on any atom is -0.497 e. The van der Waals surface area contributed by atoms with E-state index in [9.17, 15) is 9.59 Å². The first-order chi connectivity index (χ1) is 9.17. The van der Waals surface area contributed by atoms with Crippen LogP contribution in [0.15, 0.2) is 36.9 Å². The molecule has 0 aliphatic heterocycles. The predicted octanol–water partition coefficient (Wildman–Crippen LogP) is 2.35. The van der Waals surface area contributed by atoms with Crippen molar-refractivity contribution in [2.24, 2.45) is 0 Å². The van der Waals surface area contributed by atoms with E-state index >= 15 is 0 Å². The summed E-state index contributed by atoms with van der Waals surface area (Å²) in [6, 6.07) is 6.98. The van der Waals surface area contributed by atoms with E-state index in [0.717, 1.165) is 5.75 Å². The van der Waals surface area contributed by atoms with Crippen LogP contribution in [0.4, 0.5) is 0 Å². The lowest BCUT2D eigenvalue weighted by Gasteiger charge is -2.04. The molecule has 1 aromatic carbocycles. The lowest BCUT2D eigenvalue weighted by atomic mass is 10.1. The summed E-state index contributed by atoms with van der Waals surface area (Å²) < 4.78 is 5.03. The highest BCUT2D eigenvalue weighted by molar-refractivity contribution is 5.96. The largest absolute Gasteiger partial charge is 0.497 e. The van der Waals surface area contributed by atoms with Gasteiger partial charge in [-0.2, -0.15) is 0 Å². The van der Waals surface area contributed by atoms with E-state index < -0.39 is 0 Å². The van der Waals surface area contributed by atoms with Crippen LogP contribution in [-0.4, -0.2) is 25.3 Å². The van der Waals surface area contributed by atoms with E-state index in [2.05, 4.69) is 11.9 Å². The van der Waals surface area contributed by atoms with Crippen LogP contribution < -0.4 is 10.1 Å². The second-order valence-corrected chi connectivity index (χ2v) is 4.10. The van der Waals surface area contributed by atoms with Crippen molar-refractivity contribution in [1.82, 2.24) is 5.32 Å². The van der Waals surface area contributed by atoms with Crippen LogP contribution in [0.25, 0.3) is 0 Å². The zero-order valence-corrected chi connectivity index (χ0v) is 11.1. The van der Waals surface area contributed by atoms with Crippen molar-refractivity contribution in [2.45, 2.75) is 19.3 Å². The van der Waals surface area contributed by atoms with Gasteiger partial charge in [0.25, 0.3) is 0 Å². The molecule has 0 aliphatic rings. The molecule has 0 bridgehead atoms. The third-order valence-corrected chi connectivity index (χ3v) is 2.66. The first-order valence-electron chi connectivity index (χ1n) is 6.22. The molecule has 102 valence electrons. The number of carbonyl (C=O) groups excluding carboxylic acids is 2. The second kappa shape index (κ2) is 8.08. The second-order valence-electron chi connectivity index (χ2n) is 4.10. The SMILES string of the molecule is C=CCNC(=O)CCCC(=O)c1ccc(OC)cc1. The summed E-state index contributed by atoms with van der Waals surface area (Å²) in [6.45, 7) is 3.98. The summed E-state index contributed by atoms with van der Waals surface area (Å²) in [5.41, 5.74) is 0.646. The van der Waals surface area contributed by atoms with E-state index in [4.69, 9.17) is 4.74 Å². The zero-order chi connectivity index (χ0) is 14.1. The summed E-state index contributed by atoms with van der Waals surface area (Å²) in [6.07, 6.45) is 2.90. The summed E-state index contributed by atoms with van der Waals surface area (Å²) in [5, 5.41) is 2.68. The van der Waals surface area contributed by atoms with Crippen molar-refractivity contribution in [2.75, 3.05) is 13.7 Å². The minimum absolute atomic E-state index is 0.0409. The van der Waals surface area contributed by atoms with Crippen LogP contribution in [0.1, 0.15) is 29.6 Å². The molecule has 0 atom stereocenters. The Bertz CT molecular complexity index is 437. The normalized spacial score (nSPS) is 9.74. The Labute approximate surface area is 113 Å². The third kappa shape index (κ3) is 5.38. The van der Waals surface area contributed by atoms with Crippen molar-refractivity contribution in [3.8, 4) is 5.75 Å². The molecule has 0 saturated heterocycles. The molecule has 1 amide bonds. The average molecular weight is 261 g/mol. The number of hydrogen-bond acceptors (Lipinski definition) is 3. The predicted molar refractivity (Wildman–Crippen MR) is 74.4 cm³/mol. The van der Waals surface area contributed by atoms with E-state index in [1.807, 2.05) is 0 Å². The molecule has 0 aromatic heterocycles. The van der Waals surface area contributed by atoms with Gasteiger partial charge in [0.2, 0.25) is 5.91 Å². The summed E-state index contributed by atoms with van der Waals surface area (Å²) >= 11 is 0. The van der Waals surface area contributed by atoms with E-state index in [1.54, 1.807) is 37.5 Å². The molecule has 0 radical (unpaired) electrons. The van der Waals surface area contributed by atoms with Gasteiger partial charge in [-0.15, -0.1) is 6.58 Å². The lowest BCUT2D eigenvalue weighted by molar-refractivity contribution is -0.120. The number of ketones is 1. The number of benzene rings is 1. The van der Waals surface area contributed by atoms with Gasteiger partial charge in [-0.25, -0.2) is 0 Å². The van der Waals surface area contributed by atoms with Gasteiger partial charge in [0, 0.05) is 24.9 Å². The zero-order valence-electron chi connectivity index (χ0n) is 11.1. The van der Waals surface area contributed by atoms with Gasteiger partial charge in [0.05, 0.1) is 7.11 Å². The molecule has 0 heterocycles. The van der Waals surface area contributed by atoms with Crippen LogP contribution in [-0.2, 0) is 4.79 Å². The molecule has 0 fully saturated rings. The van der Waals surface area contributed by atoms with Gasteiger partial charge in [-0.1, -0.05) is 6.08 Å². The Morgan fingerprint density at radius 2 is 1.95 bits per heavy atom. The molecule has 1 rings (SSSR count). The van der Waals surface area contributed by atoms with Gasteiger partial charge >= 0.3 is 0 Å². The summed E-state index contributed by atoms with van der Waals surface area (Å²) in [7, 11) is 1.58. The molecule has 19 heavy (non-hydrogen) atoms. The fourth-order valence-corrected chi connectivity index (χ4v) is 1.61. The Morgan fingerprint density at radius 3 is 2.53 bits per heavy atom. The van der Waals surface area contributed by atoms with Crippen LogP contribution in [0.3, 0.4) is 0 Å². The number of hydrogen-bond donors (Lipinski definition) is 1. The first kappa shape index (κ1) is 15.0. The number of carbonyl (C=O) groups is 2. The molecule has 0 unspecified atom stereocenters. The van der Waals surface area contributed by atoms with Gasteiger partial charge in [-0.3, -0.25) is 9.59 Å². The maximum absolute atomic E-state index is 11.9. The minimum atomic E-state index is -0.0533. The monoisotopic (exact) mass is 261 g/mol. The molecule has 4 nitrogen and oxygen atoms in total. The van der Waals surface area contributed by atoms with Gasteiger partial charge in [0.15, 0.2) is 5.78 Å². The fraction of sp³-hybridized carbons (Fsp3) is 0.333. The number of amides is 1. The topological polar surface area (TPSA) is 55.4 Å². The van der Waals surface area contributed by atoms with Crippen molar-refractivity contribution < 1.29 is 14.3 Å². The molecular weight excluding hydrogens is 242 g/mol. The molecular formula is C15H19NO3. The maximum atomic E-state index is 11.9. The molecule has 1 N–H and O–H groups in total. The van der Waals surface area contributed by atoms with Gasteiger partial charge in [0.1, 0.15) is 5.75 Å². The van der Waals surface area contributed by atoms with Crippen molar-refractivity contribution in [1.29, 1.82) is 0 Å². The average Bonchev–Trinajstić information content (AvgIpc) is 2.45. The fourth-order valence-electron chi connectivity index (χ4n) is 1.61. The molecule has 0 saturated carbocycles. The van der Waals surface area contributed by atoms with Crippen molar-refractivity contribution >= 4 is 11.7 Å². The van der Waals surface area contributed by atoms with Gasteiger partial charge < -0.3 is 10.1 Å². The van der Waals surface area contributed by atoms with Crippen LogP contribution >= 0.6 is 0 Å². The highest BCUT2D eigenvalue weighted by Gasteiger charge is 2.07. The van der Waals surface area contributed by atoms with Crippen molar-refractivity contribution in [3.05, 3.63) is 42.5 Å². The summed E-state index contributed by atoms with van der Waals surface area (Å²) in [5.74, 6) is 0.710. The van der Waals surface area contributed by atoms with E-state index in [0.29, 0.717) is 31.4 Å². The smallest absolute Gasteiger partial charge is 0.220 e. The van der Waals surface area contributed by atoms with Gasteiger partial charge in [-0.05, 0) is 30.7 Å². The Balaban J connectivity index is 2.34. The number of rotatable bonds is 8. The molecule has 1 aromatic rings. The van der Waals surface area contributed by atoms with Crippen molar-refractivity contribution in [3.63, 3.8) is 0 Å². The third-order valence-electron chi connectivity index (χ3n) is 2.66. The molecule has 4 heteroatoms. The first-order valence-corrected chi connectivity index (χ1v) is 6.22. The maximum Gasteiger partial charge on any atom is 0.220 e. The number of Topliss-reactive ketones (excluding diaryl/α,β-unsaturated/α-hetero) is 1. The number of ether oxygens (including phenoxy) is 1. The quantitative estimate of drug-likeness (QED) is 0.577. The highest BCUT2D eigenvalue weighted by atomic mass is 16.5. The number of nitrogens with one attached hydrogen (secondary N) is 1. The van der Waals surface area contributed by atoms with Crippen LogP contribution in [0, 0.1) is 0 Å². The lowest BCUT2D eigenvalue weighted by Crippen LogP contribution is -2.22. The Hall–Kier alpha value is -2.10. The molecule has 0 aliphatic carbocycles.